The van der Waals surface area contributed by atoms with Gasteiger partial charge in [-0.2, -0.15) is 27.6 Å². The van der Waals surface area contributed by atoms with Crippen LogP contribution < -0.4 is 9.62 Å². The average molecular weight is 500 g/mol. The molecule has 1 saturated heterocycles. The van der Waals surface area contributed by atoms with Gasteiger partial charge in [0.2, 0.25) is 0 Å². The number of fused-ring (bicyclic) bond motifs is 1. The topological polar surface area (TPSA) is 87.8 Å². The van der Waals surface area contributed by atoms with Crippen LogP contribution in [0, 0.1) is 0 Å². The van der Waals surface area contributed by atoms with Crippen LogP contribution >= 0.6 is 11.6 Å². The Morgan fingerprint density at radius 3 is 2.35 bits per heavy atom. The maximum Gasteiger partial charge on any atom is 0.280 e. The number of anilines is 1. The summed E-state index contributed by atoms with van der Waals surface area (Å²) >= 11 is 5.94. The molecule has 0 saturated carbocycles. The molecule has 0 unspecified atom stereocenters. The molecule has 0 aliphatic carbocycles. The maximum absolute atomic E-state index is 13.0. The zero-order chi connectivity index (χ0) is 23.9. The van der Waals surface area contributed by atoms with Gasteiger partial charge in [-0.15, -0.1) is 0 Å². The summed E-state index contributed by atoms with van der Waals surface area (Å²) in [6, 6.07) is 10.9. The van der Waals surface area contributed by atoms with E-state index < -0.39 is 10.2 Å². The minimum Gasteiger partial charge on any atom is -0.366 e. The first kappa shape index (κ1) is 22.9. The summed E-state index contributed by atoms with van der Waals surface area (Å²) in [5, 5.41) is 9.38. The van der Waals surface area contributed by atoms with Crippen LogP contribution in [0.2, 0.25) is 5.02 Å². The third-order valence-corrected chi connectivity index (χ3v) is 8.10. The molecule has 0 bridgehead atoms. The van der Waals surface area contributed by atoms with Crippen molar-refractivity contribution in [1.29, 1.82) is 0 Å². The van der Waals surface area contributed by atoms with E-state index in [-0.39, 0.29) is 6.04 Å². The fourth-order valence-electron chi connectivity index (χ4n) is 4.24. The summed E-state index contributed by atoms with van der Waals surface area (Å²) in [7, 11) is -1.72. The Bertz CT molecular complexity index is 1410. The summed E-state index contributed by atoms with van der Waals surface area (Å²) in [5.74, 6) is 0. The Labute approximate surface area is 203 Å². The predicted molar refractivity (Wildman–Crippen MR) is 133 cm³/mol. The van der Waals surface area contributed by atoms with Gasteiger partial charge in [0.25, 0.3) is 10.2 Å². The van der Waals surface area contributed by atoms with Crippen molar-refractivity contribution < 1.29 is 8.42 Å². The van der Waals surface area contributed by atoms with E-state index in [1.807, 2.05) is 61.5 Å². The Hall–Kier alpha value is -2.92. The van der Waals surface area contributed by atoms with Crippen molar-refractivity contribution >= 4 is 33.0 Å². The molecule has 1 aromatic carbocycles. The second-order valence-corrected chi connectivity index (χ2v) is 10.6. The van der Waals surface area contributed by atoms with Gasteiger partial charge in [-0.05, 0) is 30.7 Å². The number of aromatic nitrogens is 4. The highest BCUT2D eigenvalue weighted by Gasteiger charge is 2.29. The molecule has 4 heterocycles. The molecule has 1 atom stereocenters. The fraction of sp³-hybridized carbons (Fsp3) is 0.304. The number of nitrogens with zero attached hydrogens (tertiary/aromatic N) is 6. The van der Waals surface area contributed by atoms with E-state index >= 15 is 0 Å². The van der Waals surface area contributed by atoms with Crippen LogP contribution in [0.3, 0.4) is 0 Å². The molecule has 1 N–H and O–H groups in total. The lowest BCUT2D eigenvalue weighted by Crippen LogP contribution is -2.52. The van der Waals surface area contributed by atoms with E-state index in [1.54, 1.807) is 16.8 Å². The van der Waals surface area contributed by atoms with Crippen LogP contribution in [-0.4, -0.2) is 58.3 Å². The van der Waals surface area contributed by atoms with Gasteiger partial charge in [0, 0.05) is 67.8 Å². The highest BCUT2D eigenvalue weighted by molar-refractivity contribution is 7.87. The number of rotatable bonds is 6. The Balaban J connectivity index is 1.26. The van der Waals surface area contributed by atoms with Gasteiger partial charge in [-0.1, -0.05) is 29.8 Å². The first-order valence-electron chi connectivity index (χ1n) is 11.0. The molecule has 1 aliphatic heterocycles. The molecule has 3 aromatic heterocycles. The Morgan fingerprint density at radius 1 is 0.941 bits per heavy atom. The second kappa shape index (κ2) is 9.03. The molecule has 0 spiro atoms. The van der Waals surface area contributed by atoms with Crippen LogP contribution in [0.5, 0.6) is 0 Å². The Kier molecular flexibility index (Phi) is 6.07. The number of hydrogen-bond acceptors (Lipinski definition) is 5. The van der Waals surface area contributed by atoms with Gasteiger partial charge in [0.15, 0.2) is 0 Å². The van der Waals surface area contributed by atoms with Crippen molar-refractivity contribution in [2.24, 2.45) is 7.05 Å². The smallest absolute Gasteiger partial charge is 0.280 e. The molecule has 1 aliphatic rings. The summed E-state index contributed by atoms with van der Waals surface area (Å²) in [5.41, 5.74) is 4.91. The molecule has 4 aromatic rings. The second-order valence-electron chi connectivity index (χ2n) is 8.46. The molecule has 178 valence electrons. The zero-order valence-corrected chi connectivity index (χ0v) is 20.5. The van der Waals surface area contributed by atoms with Crippen LogP contribution in [0.4, 0.5) is 5.69 Å². The lowest BCUT2D eigenvalue weighted by Gasteiger charge is -2.35. The van der Waals surface area contributed by atoms with Crippen molar-refractivity contribution in [3.63, 3.8) is 0 Å². The average Bonchev–Trinajstić information content (AvgIpc) is 3.45. The van der Waals surface area contributed by atoms with E-state index in [9.17, 15) is 8.42 Å². The first-order chi connectivity index (χ1) is 16.3. The van der Waals surface area contributed by atoms with Gasteiger partial charge in [0.1, 0.15) is 0 Å². The van der Waals surface area contributed by atoms with E-state index in [1.165, 1.54) is 4.31 Å². The number of piperazine rings is 1. The van der Waals surface area contributed by atoms with Crippen LogP contribution in [0.25, 0.3) is 16.6 Å². The van der Waals surface area contributed by atoms with Crippen molar-refractivity contribution in [3.8, 4) is 11.1 Å². The van der Waals surface area contributed by atoms with E-state index in [0.29, 0.717) is 31.2 Å². The molecule has 0 radical (unpaired) electrons. The van der Waals surface area contributed by atoms with Crippen molar-refractivity contribution in [3.05, 3.63) is 71.8 Å². The number of aryl methyl sites for hydroxylation is 1. The molecular weight excluding hydrogens is 474 g/mol. The maximum atomic E-state index is 13.0. The van der Waals surface area contributed by atoms with Crippen molar-refractivity contribution in [1.82, 2.24) is 28.4 Å². The molecule has 1 fully saturated rings. The highest BCUT2D eigenvalue weighted by Crippen LogP contribution is 2.27. The van der Waals surface area contributed by atoms with Crippen molar-refractivity contribution in [2.75, 3.05) is 31.1 Å². The minimum absolute atomic E-state index is 0.353. The van der Waals surface area contributed by atoms with Gasteiger partial charge < -0.3 is 4.90 Å². The monoisotopic (exact) mass is 499 g/mol. The van der Waals surface area contributed by atoms with Gasteiger partial charge >= 0.3 is 0 Å². The van der Waals surface area contributed by atoms with Gasteiger partial charge in [-0.25, -0.2) is 4.52 Å². The van der Waals surface area contributed by atoms with Crippen LogP contribution in [0.1, 0.15) is 18.5 Å². The van der Waals surface area contributed by atoms with E-state index in [4.69, 9.17) is 11.6 Å². The molecule has 0 amide bonds. The van der Waals surface area contributed by atoms with Crippen molar-refractivity contribution in [2.45, 2.75) is 13.0 Å². The first-order valence-corrected chi connectivity index (χ1v) is 12.9. The van der Waals surface area contributed by atoms with E-state index in [2.05, 4.69) is 25.9 Å². The lowest BCUT2D eigenvalue weighted by molar-refractivity contribution is 0.375. The summed E-state index contributed by atoms with van der Waals surface area (Å²) < 4.78 is 33.8. The number of halogens is 1. The standard InChI is InChI=1S/C23H26ClN7O2S/c1-17(18-3-6-21(24)7-4-18)27-34(32,33)30-11-9-29(10-12-30)23-14-26-31-16-19(5-8-22(23)31)20-13-25-28(2)15-20/h3-8,13-17,27H,9-12H2,1-2H3/t17-/m1/s1. The van der Waals surface area contributed by atoms with Crippen LogP contribution in [0.15, 0.2) is 61.2 Å². The van der Waals surface area contributed by atoms with E-state index in [0.717, 1.165) is 27.9 Å². The Morgan fingerprint density at radius 2 is 1.68 bits per heavy atom. The van der Waals surface area contributed by atoms with Gasteiger partial charge in [0.05, 0.1) is 23.6 Å². The number of nitrogens with one attached hydrogen (secondary N) is 1. The fourth-order valence-corrected chi connectivity index (χ4v) is 5.74. The van der Waals surface area contributed by atoms with Crippen LogP contribution in [-0.2, 0) is 17.3 Å². The summed E-state index contributed by atoms with van der Waals surface area (Å²) in [6.45, 7) is 3.79. The quantitative estimate of drug-likeness (QED) is 0.440. The minimum atomic E-state index is -3.61. The highest BCUT2D eigenvalue weighted by atomic mass is 35.5. The molecule has 34 heavy (non-hydrogen) atoms. The normalized spacial score (nSPS) is 16.3. The number of hydrogen-bond donors (Lipinski definition) is 1. The van der Waals surface area contributed by atoms with Gasteiger partial charge in [-0.3, -0.25) is 4.68 Å². The summed E-state index contributed by atoms with van der Waals surface area (Å²) in [4.78, 5) is 2.18. The number of pyridine rings is 1. The third-order valence-electron chi connectivity index (χ3n) is 6.15. The molecular formula is C23H26ClN7O2S. The SMILES string of the molecule is C[C@@H](NS(=O)(=O)N1CCN(c2cnn3cc(-c4cnn(C)c4)ccc23)CC1)c1ccc(Cl)cc1. The summed E-state index contributed by atoms with van der Waals surface area (Å²) in [6.07, 6.45) is 7.62. The lowest BCUT2D eigenvalue weighted by atomic mass is 10.1. The largest absolute Gasteiger partial charge is 0.366 e. The predicted octanol–water partition coefficient (Wildman–Crippen LogP) is 3.11. The molecule has 11 heteroatoms. The molecule has 9 nitrogen and oxygen atoms in total. The third kappa shape index (κ3) is 4.54. The zero-order valence-electron chi connectivity index (χ0n) is 19.0. The number of benzene rings is 1. The molecule has 5 rings (SSSR count).